The molecule has 0 saturated carbocycles. The number of allylic oxidation sites excluding steroid dienone is 1. The summed E-state index contributed by atoms with van der Waals surface area (Å²) in [6, 6.07) is 29.9. The van der Waals surface area contributed by atoms with Gasteiger partial charge in [-0.25, -0.2) is 0 Å². The third-order valence-corrected chi connectivity index (χ3v) is 19.5. The van der Waals surface area contributed by atoms with Crippen LogP contribution in [-0.4, -0.2) is 62.7 Å². The minimum Gasteiger partial charge on any atom is -0.465 e. The summed E-state index contributed by atoms with van der Waals surface area (Å²) in [5.41, 5.74) is 5.74. The summed E-state index contributed by atoms with van der Waals surface area (Å²) < 4.78 is 19.7. The van der Waals surface area contributed by atoms with Crippen LogP contribution >= 0.6 is 0 Å². The molecule has 109 heavy (non-hydrogen) atoms. The Balaban J connectivity index is -0.000000124. The number of aliphatic hydroxyl groups excluding tert-OH is 1. The number of ether oxygens (including phenoxy) is 4. The molecular weight excluding hydrogens is 1370 g/mol. The van der Waals surface area contributed by atoms with Crippen molar-refractivity contribution in [2.75, 3.05) is 19.8 Å². The maximum absolute atomic E-state index is 11.1. The van der Waals surface area contributed by atoms with Crippen molar-refractivity contribution in [1.82, 2.24) is 0 Å². The number of unbranched alkanes of at least 4 members (excludes halogenated alkanes) is 1. The molecule has 642 valence electrons. The zero-order chi connectivity index (χ0) is 87.6. The summed E-state index contributed by atoms with van der Waals surface area (Å²) in [4.78, 5) is 53.7. The van der Waals surface area contributed by atoms with Crippen molar-refractivity contribution >= 4 is 37.7 Å². The summed E-state index contributed by atoms with van der Waals surface area (Å²) in [6.07, 6.45) is 13.0. The van der Waals surface area contributed by atoms with E-state index in [4.69, 9.17) is 24.1 Å². The summed E-state index contributed by atoms with van der Waals surface area (Å²) in [5, 5.41) is 8.81. The molecule has 10 nitrogen and oxygen atoms in total. The van der Waals surface area contributed by atoms with E-state index in [1.807, 2.05) is 118 Å². The molecule has 0 heterocycles. The first-order chi connectivity index (χ1) is 50.1. The van der Waals surface area contributed by atoms with Gasteiger partial charge in [0.1, 0.15) is 19.0 Å². The Morgan fingerprint density at radius 3 is 0.982 bits per heavy atom. The van der Waals surface area contributed by atoms with Gasteiger partial charge in [-0.3, -0.25) is 24.0 Å². The average Bonchev–Trinajstić information content (AvgIpc) is 0.963. The topological polar surface area (TPSA) is 142 Å². The molecule has 3 rings (SSSR count). The summed E-state index contributed by atoms with van der Waals surface area (Å²) >= 11 is 0. The van der Waals surface area contributed by atoms with E-state index in [0.29, 0.717) is 38.3 Å². The molecule has 11 heteroatoms. The van der Waals surface area contributed by atoms with Crippen LogP contribution in [0.4, 0.5) is 0 Å². The van der Waals surface area contributed by atoms with Gasteiger partial charge in [0.15, 0.2) is 0 Å². The molecule has 0 saturated heterocycles. The Morgan fingerprint density at radius 1 is 0.394 bits per heavy atom. The van der Waals surface area contributed by atoms with Crippen LogP contribution in [0.2, 0.25) is 24.7 Å². The summed E-state index contributed by atoms with van der Waals surface area (Å²) in [5.74, 6) is 8.51. The fraction of sp³-hybridized carbons (Fsp3) is 0.724. The lowest BCUT2D eigenvalue weighted by Gasteiger charge is -2.28. The molecule has 0 aromatic heterocycles. The maximum Gasteiger partial charge on any atom is 0.308 e. The van der Waals surface area contributed by atoms with Gasteiger partial charge in [-0.05, 0) is 133 Å². The number of hydrogen-bond donors (Lipinski definition) is 1. The van der Waals surface area contributed by atoms with Crippen molar-refractivity contribution in [3.05, 3.63) is 132 Å². The third kappa shape index (κ3) is 121. The first kappa shape index (κ1) is 125. The van der Waals surface area contributed by atoms with Gasteiger partial charge in [0, 0.05) is 5.92 Å². The van der Waals surface area contributed by atoms with E-state index in [0.717, 1.165) is 95.6 Å². The number of carbonyl (C=O) groups excluding carboxylic acids is 5. The van der Waals surface area contributed by atoms with Crippen LogP contribution in [0.1, 0.15) is 324 Å². The zero-order valence-electron chi connectivity index (χ0n) is 79.5. The molecule has 1 N–H and O–H groups in total. The van der Waals surface area contributed by atoms with Crippen molar-refractivity contribution in [3.8, 4) is 0 Å². The van der Waals surface area contributed by atoms with E-state index in [-0.39, 0.29) is 65.9 Å². The number of esters is 4. The zero-order valence-corrected chi connectivity index (χ0v) is 80.5. The standard InChI is InChI=1S/C11H14O2.C11H22O2.C11H16O.C10H14.C9H22Si.C8H16O2.C7H12O2.C7H16.C6H12.C5H10O.C5H12.2C4H10/c1-9(2)11(12)13-8-10-6-4-3-5-7-10;1-9(2)7-5-6-8-13-11(12)10(3)4;1-9(2)7-10-3-5-11(8-12)6-4-10;1-9(2)8-10-6-4-3-5-7-10;1-8(2)7-10(5,6)9(3)4;1-6(2)5-10-8(9)7(3)4;1-4-5-9-7(8)6(2)3;1-6(2)5-7(3)4;1-4-5-6(2)3;1-4(2)5(3)6;1-4-5(2)3;2*1-4(2)3/h3-7,9H,8H2,1-2H3;9-10H,5-8H2,1-4H3;3-6,9,12H,7-8H2,1-2H3;3-7,9H,8H2,1-2H3;8-9H,7H2,1-6H3;6-7H,5H2,1-4H3;4,6H,1,5H2,2-3H3;6-7H,5H2,1-4H3;4,6H,1,5H2,2-3H3;4H,1-3H3;5H,4H2,1-3H3;2*4H,1-3H3. The largest absolute Gasteiger partial charge is 0.465 e. The number of benzene rings is 3. The summed E-state index contributed by atoms with van der Waals surface area (Å²) in [7, 11) is -0.844. The highest BCUT2D eigenvalue weighted by Crippen LogP contribution is 2.28. The van der Waals surface area contributed by atoms with Crippen molar-refractivity contribution in [3.63, 3.8) is 0 Å². The minimum absolute atomic E-state index is 0.00116. The number of carbonyl (C=O) groups is 5. The van der Waals surface area contributed by atoms with Crippen LogP contribution in [0.25, 0.3) is 0 Å². The van der Waals surface area contributed by atoms with Crippen LogP contribution < -0.4 is 0 Å². The van der Waals surface area contributed by atoms with E-state index in [9.17, 15) is 24.0 Å². The minimum atomic E-state index is -0.844. The Morgan fingerprint density at radius 2 is 0.734 bits per heavy atom. The molecule has 0 bridgehead atoms. The SMILES string of the molecule is C=CCC(C)C.C=CCOC(=O)C(C)C.CC(=O)C(C)C.CC(C)C.CC(C)C.CC(C)C(=O)OCc1ccccc1.CC(C)CC(C)C.CC(C)CCCCOC(=O)C(C)C.CC(C)COC(=O)C(C)C.CC(C)C[Si](C)(C)C(C)C.CC(C)Cc1ccc(CO)cc1.CC(C)Cc1ccccc1.CCC(C)C. The molecule has 0 fully saturated rings. The molecule has 3 aromatic carbocycles. The van der Waals surface area contributed by atoms with Crippen molar-refractivity contribution in [1.29, 1.82) is 0 Å². The van der Waals surface area contributed by atoms with Gasteiger partial charge in [0.25, 0.3) is 0 Å². The van der Waals surface area contributed by atoms with E-state index >= 15 is 0 Å². The highest BCUT2D eigenvalue weighted by molar-refractivity contribution is 6.78. The molecule has 0 aliphatic heterocycles. The molecule has 0 aliphatic carbocycles. The van der Waals surface area contributed by atoms with E-state index in [2.05, 4.69) is 242 Å². The average molecular weight is 1550 g/mol. The predicted molar refractivity (Wildman–Crippen MR) is 486 cm³/mol. The quantitative estimate of drug-likeness (QED) is 0.0235. The van der Waals surface area contributed by atoms with Gasteiger partial charge in [-0.15, -0.1) is 6.58 Å². The van der Waals surface area contributed by atoms with E-state index in [1.165, 1.54) is 42.9 Å². The molecule has 0 amide bonds. The van der Waals surface area contributed by atoms with Crippen molar-refractivity contribution < 1.29 is 48.0 Å². The molecule has 0 aliphatic rings. The number of Topliss-reactive ketones (excluding diaryl/α,β-unsaturated/α-hetero) is 1. The van der Waals surface area contributed by atoms with Crippen molar-refractivity contribution in [2.24, 2.45) is 94.7 Å². The molecule has 0 atom stereocenters. The highest BCUT2D eigenvalue weighted by atomic mass is 28.3. The fourth-order valence-electron chi connectivity index (χ4n) is 7.51. The lowest BCUT2D eigenvalue weighted by Crippen LogP contribution is -2.30. The monoisotopic (exact) mass is 1550 g/mol. The first-order valence-corrected chi connectivity index (χ1v) is 45.5. The molecule has 0 unspecified atom stereocenters. The second-order valence-electron chi connectivity index (χ2n) is 36.1. The normalized spacial score (nSPS) is 10.4. The van der Waals surface area contributed by atoms with Crippen LogP contribution in [0.15, 0.2) is 110 Å². The highest BCUT2D eigenvalue weighted by Gasteiger charge is 2.25. The van der Waals surface area contributed by atoms with E-state index in [1.54, 1.807) is 26.8 Å². The predicted octanol–water partition coefficient (Wildman–Crippen LogP) is 29.1. The second-order valence-corrected chi connectivity index (χ2v) is 41.6. The third-order valence-electron chi connectivity index (χ3n) is 14.5. The van der Waals surface area contributed by atoms with Gasteiger partial charge in [-0.1, -0.05) is 397 Å². The van der Waals surface area contributed by atoms with Crippen LogP contribution in [-0.2, 0) is 69.0 Å². The molecule has 0 radical (unpaired) electrons. The Kier molecular flexibility index (Phi) is 95.9. The van der Waals surface area contributed by atoms with Crippen LogP contribution in [0.5, 0.6) is 0 Å². The van der Waals surface area contributed by atoms with Gasteiger partial charge < -0.3 is 24.1 Å². The van der Waals surface area contributed by atoms with Crippen molar-refractivity contribution in [2.45, 2.75) is 352 Å². The van der Waals surface area contributed by atoms with Gasteiger partial charge in [-0.2, -0.15) is 0 Å². The number of hydrogen-bond acceptors (Lipinski definition) is 10. The molecular formula is C98H186O10Si. The maximum atomic E-state index is 11.1. The molecule has 0 spiro atoms. The molecule has 3 aromatic rings. The number of aliphatic hydroxyl groups is 1. The second kappa shape index (κ2) is 83.8. The van der Waals surface area contributed by atoms with Crippen LogP contribution in [0, 0.1) is 94.7 Å². The Bertz CT molecular complexity index is 2410. The summed E-state index contributed by atoms with van der Waals surface area (Å²) in [6.45, 7) is 93.8. The number of ketones is 1. The smallest absolute Gasteiger partial charge is 0.308 e. The fourth-order valence-corrected chi connectivity index (χ4v) is 10.1. The number of rotatable bonds is 29. The van der Waals surface area contributed by atoms with Crippen LogP contribution in [0.3, 0.4) is 0 Å². The lowest BCUT2D eigenvalue weighted by atomic mass is 10.0. The lowest BCUT2D eigenvalue weighted by molar-refractivity contribution is -0.149. The van der Waals surface area contributed by atoms with Gasteiger partial charge in [0.05, 0.1) is 51.6 Å². The Labute approximate surface area is 681 Å². The van der Waals surface area contributed by atoms with Gasteiger partial charge in [0.2, 0.25) is 0 Å². The first-order valence-electron chi connectivity index (χ1n) is 42.2. The van der Waals surface area contributed by atoms with E-state index < -0.39 is 8.07 Å². The van der Waals surface area contributed by atoms with Gasteiger partial charge >= 0.3 is 23.9 Å². The Hall–Kier alpha value is -5.13.